The maximum Gasteiger partial charge on any atom is 0.258 e. The molecule has 0 radical (unpaired) electrons. The van der Waals surface area contributed by atoms with Crippen LogP contribution >= 0.6 is 0 Å². The van der Waals surface area contributed by atoms with Gasteiger partial charge in [0.1, 0.15) is 18.9 Å². The van der Waals surface area contributed by atoms with E-state index in [0.717, 1.165) is 43.2 Å². The van der Waals surface area contributed by atoms with Crippen LogP contribution in [0.15, 0.2) is 47.4 Å². The quantitative estimate of drug-likeness (QED) is 0.744. The third-order valence-electron chi connectivity index (χ3n) is 4.96. The third kappa shape index (κ3) is 3.00. The van der Waals surface area contributed by atoms with Crippen LogP contribution in [-0.4, -0.2) is 48.8 Å². The first-order valence-corrected chi connectivity index (χ1v) is 9.17. The monoisotopic (exact) mass is 364 g/mol. The number of pyridine rings is 1. The fourth-order valence-electron chi connectivity index (χ4n) is 3.55. The van der Waals surface area contributed by atoms with Gasteiger partial charge in [-0.1, -0.05) is 0 Å². The van der Waals surface area contributed by atoms with Gasteiger partial charge in [0.2, 0.25) is 0 Å². The van der Waals surface area contributed by atoms with E-state index in [1.54, 1.807) is 10.5 Å². The molecule has 2 aliphatic heterocycles. The van der Waals surface area contributed by atoms with Crippen molar-refractivity contribution in [1.82, 2.24) is 14.7 Å². The Balaban J connectivity index is 1.54. The first-order valence-electron chi connectivity index (χ1n) is 9.17. The molecule has 0 atom stereocenters. The van der Waals surface area contributed by atoms with E-state index in [0.29, 0.717) is 30.3 Å². The molecular weight excluding hydrogens is 344 g/mol. The number of hydrogen-bond donors (Lipinski definition) is 1. The normalized spacial score (nSPS) is 16.5. The standard InChI is InChI=1S/C20H20N4O3/c25-20-12-16(14-1-3-17-18(11-14)27-10-9-26-17)22-19-4-2-15(13-24(19)20)23-7-5-21-6-8-23/h1-4,11-13,21H,5-10H2. The molecule has 2 aromatic heterocycles. The molecule has 0 bridgehead atoms. The lowest BCUT2D eigenvalue weighted by molar-refractivity contribution is 0.171. The third-order valence-corrected chi connectivity index (χ3v) is 4.96. The number of nitrogens with one attached hydrogen (secondary N) is 1. The first-order chi connectivity index (χ1) is 13.3. The molecule has 2 aliphatic rings. The van der Waals surface area contributed by atoms with Crippen molar-refractivity contribution >= 4 is 11.3 Å². The molecule has 1 N–H and O–H groups in total. The van der Waals surface area contributed by atoms with Gasteiger partial charge in [0, 0.05) is 44.0 Å². The topological polar surface area (TPSA) is 68.1 Å². The molecule has 0 amide bonds. The molecule has 0 saturated carbocycles. The number of fused-ring (bicyclic) bond motifs is 2. The Hall–Kier alpha value is -3.06. The maximum absolute atomic E-state index is 12.7. The van der Waals surface area contributed by atoms with Crippen LogP contribution in [0.1, 0.15) is 0 Å². The second-order valence-corrected chi connectivity index (χ2v) is 6.69. The van der Waals surface area contributed by atoms with Crippen molar-refractivity contribution in [1.29, 1.82) is 0 Å². The van der Waals surface area contributed by atoms with Crippen LogP contribution in [-0.2, 0) is 0 Å². The highest BCUT2D eigenvalue weighted by atomic mass is 16.6. The summed E-state index contributed by atoms with van der Waals surface area (Å²) < 4.78 is 12.8. The van der Waals surface area contributed by atoms with Crippen molar-refractivity contribution in [2.45, 2.75) is 0 Å². The minimum atomic E-state index is -0.0955. The lowest BCUT2D eigenvalue weighted by atomic mass is 10.1. The number of benzene rings is 1. The molecule has 0 unspecified atom stereocenters. The molecule has 1 saturated heterocycles. The number of ether oxygens (including phenoxy) is 2. The molecule has 3 aromatic rings. The summed E-state index contributed by atoms with van der Waals surface area (Å²) in [4.78, 5) is 19.7. The number of anilines is 1. The number of hydrogen-bond acceptors (Lipinski definition) is 6. The molecule has 4 heterocycles. The summed E-state index contributed by atoms with van der Waals surface area (Å²) in [5.74, 6) is 1.41. The van der Waals surface area contributed by atoms with E-state index in [-0.39, 0.29) is 5.56 Å². The van der Waals surface area contributed by atoms with Gasteiger partial charge in [0.05, 0.1) is 11.4 Å². The number of rotatable bonds is 2. The van der Waals surface area contributed by atoms with Crippen LogP contribution in [0.2, 0.25) is 0 Å². The minimum Gasteiger partial charge on any atom is -0.486 e. The smallest absolute Gasteiger partial charge is 0.258 e. The van der Waals surface area contributed by atoms with Crippen molar-refractivity contribution in [3.05, 3.63) is 52.9 Å². The summed E-state index contributed by atoms with van der Waals surface area (Å²) in [5, 5.41) is 3.34. The number of piperazine rings is 1. The lowest BCUT2D eigenvalue weighted by Crippen LogP contribution is -2.43. The Morgan fingerprint density at radius 1 is 0.963 bits per heavy atom. The van der Waals surface area contributed by atoms with Crippen molar-refractivity contribution in [2.75, 3.05) is 44.3 Å². The van der Waals surface area contributed by atoms with Crippen molar-refractivity contribution in [2.24, 2.45) is 0 Å². The molecule has 7 nitrogen and oxygen atoms in total. The summed E-state index contributed by atoms with van der Waals surface area (Å²) in [6.45, 7) is 4.85. The molecule has 1 fully saturated rings. The van der Waals surface area contributed by atoms with Crippen LogP contribution in [0.4, 0.5) is 5.69 Å². The Kier molecular flexibility index (Phi) is 3.94. The van der Waals surface area contributed by atoms with E-state index in [4.69, 9.17) is 9.47 Å². The fraction of sp³-hybridized carbons (Fsp3) is 0.300. The second-order valence-electron chi connectivity index (χ2n) is 6.69. The van der Waals surface area contributed by atoms with Crippen LogP contribution in [0.5, 0.6) is 11.5 Å². The highest BCUT2D eigenvalue weighted by Crippen LogP contribution is 2.33. The van der Waals surface area contributed by atoms with E-state index in [1.807, 2.05) is 36.5 Å². The highest BCUT2D eigenvalue weighted by Gasteiger charge is 2.15. The zero-order valence-electron chi connectivity index (χ0n) is 14.9. The summed E-state index contributed by atoms with van der Waals surface area (Å²) in [5.41, 5.74) is 3.05. The zero-order chi connectivity index (χ0) is 18.2. The first kappa shape index (κ1) is 16.1. The average Bonchev–Trinajstić information content (AvgIpc) is 2.74. The predicted octanol–water partition coefficient (Wildman–Crippen LogP) is 1.54. The van der Waals surface area contributed by atoms with Gasteiger partial charge in [-0.15, -0.1) is 0 Å². The zero-order valence-corrected chi connectivity index (χ0v) is 14.9. The largest absolute Gasteiger partial charge is 0.486 e. The lowest BCUT2D eigenvalue weighted by Gasteiger charge is -2.29. The Labute approximate surface area is 156 Å². The van der Waals surface area contributed by atoms with Crippen molar-refractivity contribution in [3.8, 4) is 22.8 Å². The van der Waals surface area contributed by atoms with Crippen molar-refractivity contribution < 1.29 is 9.47 Å². The van der Waals surface area contributed by atoms with Crippen LogP contribution in [0.25, 0.3) is 16.9 Å². The van der Waals surface area contributed by atoms with E-state index in [9.17, 15) is 4.79 Å². The Bertz CT molecular complexity index is 1060. The summed E-state index contributed by atoms with van der Waals surface area (Å²) in [7, 11) is 0. The summed E-state index contributed by atoms with van der Waals surface area (Å²) >= 11 is 0. The molecule has 138 valence electrons. The van der Waals surface area contributed by atoms with Crippen molar-refractivity contribution in [3.63, 3.8) is 0 Å². The van der Waals surface area contributed by atoms with E-state index in [1.165, 1.54) is 0 Å². The van der Waals surface area contributed by atoms with Crippen LogP contribution in [0.3, 0.4) is 0 Å². The van der Waals surface area contributed by atoms with Gasteiger partial charge in [0.15, 0.2) is 11.5 Å². The fourth-order valence-corrected chi connectivity index (χ4v) is 3.55. The van der Waals surface area contributed by atoms with Gasteiger partial charge in [-0.25, -0.2) is 4.98 Å². The molecule has 1 aromatic carbocycles. The SMILES string of the molecule is O=c1cc(-c2ccc3c(c2)OCCO3)nc2ccc(N3CCNCC3)cn12. The Morgan fingerprint density at radius 2 is 1.78 bits per heavy atom. The van der Waals surface area contributed by atoms with Gasteiger partial charge in [-0.05, 0) is 30.3 Å². The molecular formula is C20H20N4O3. The van der Waals surface area contributed by atoms with E-state index >= 15 is 0 Å². The second kappa shape index (κ2) is 6.59. The molecule has 7 heteroatoms. The number of aromatic nitrogens is 2. The molecule has 27 heavy (non-hydrogen) atoms. The van der Waals surface area contributed by atoms with E-state index < -0.39 is 0 Å². The highest BCUT2D eigenvalue weighted by molar-refractivity contribution is 5.66. The van der Waals surface area contributed by atoms with Gasteiger partial charge in [-0.2, -0.15) is 0 Å². The van der Waals surface area contributed by atoms with Gasteiger partial charge in [-0.3, -0.25) is 9.20 Å². The molecule has 0 aliphatic carbocycles. The van der Waals surface area contributed by atoms with Gasteiger partial charge < -0.3 is 19.7 Å². The maximum atomic E-state index is 12.7. The van der Waals surface area contributed by atoms with E-state index in [2.05, 4.69) is 15.2 Å². The van der Waals surface area contributed by atoms with Crippen LogP contribution in [0, 0.1) is 0 Å². The van der Waals surface area contributed by atoms with Gasteiger partial charge in [0.25, 0.3) is 5.56 Å². The predicted molar refractivity (Wildman–Crippen MR) is 103 cm³/mol. The molecule has 5 rings (SSSR count). The summed E-state index contributed by atoms with van der Waals surface area (Å²) in [6.07, 6.45) is 1.88. The minimum absolute atomic E-state index is 0.0955. The number of nitrogens with zero attached hydrogens (tertiary/aromatic N) is 3. The molecule has 0 spiro atoms. The average molecular weight is 364 g/mol. The van der Waals surface area contributed by atoms with Crippen LogP contribution < -0.4 is 25.2 Å². The summed E-state index contributed by atoms with van der Waals surface area (Å²) in [6, 6.07) is 11.1. The Morgan fingerprint density at radius 3 is 2.63 bits per heavy atom. The van der Waals surface area contributed by atoms with Gasteiger partial charge >= 0.3 is 0 Å².